The highest BCUT2D eigenvalue weighted by molar-refractivity contribution is 5.85. The molecule has 4 nitrogen and oxygen atoms in total. The highest BCUT2D eigenvalue weighted by atomic mass is 35.5. The standard InChI is InChI=1S/C12H15N3O.2ClH/c1-8(13)12-14-7-11(15-12)9-3-5-10(16-2)6-4-9;;/h3-8H,13H2,1-2H3,(H,14,15);2*1H. The monoisotopic (exact) mass is 289 g/mol. The van der Waals surface area contributed by atoms with Gasteiger partial charge in [-0.25, -0.2) is 4.98 Å². The molecule has 0 amide bonds. The van der Waals surface area contributed by atoms with Crippen LogP contribution in [-0.4, -0.2) is 17.1 Å². The van der Waals surface area contributed by atoms with Crippen molar-refractivity contribution in [3.63, 3.8) is 0 Å². The number of halogens is 2. The summed E-state index contributed by atoms with van der Waals surface area (Å²) in [4.78, 5) is 7.41. The molecule has 0 aliphatic rings. The number of hydrogen-bond acceptors (Lipinski definition) is 3. The fourth-order valence-corrected chi connectivity index (χ4v) is 1.49. The fourth-order valence-electron chi connectivity index (χ4n) is 1.49. The average molecular weight is 290 g/mol. The first-order valence-corrected chi connectivity index (χ1v) is 5.15. The van der Waals surface area contributed by atoms with Crippen molar-refractivity contribution < 1.29 is 4.74 Å². The summed E-state index contributed by atoms with van der Waals surface area (Å²) >= 11 is 0. The Bertz CT molecular complexity index is 468. The third kappa shape index (κ3) is 3.63. The Morgan fingerprint density at radius 3 is 2.28 bits per heavy atom. The number of benzene rings is 1. The molecule has 0 saturated heterocycles. The van der Waals surface area contributed by atoms with Crippen LogP contribution in [0.25, 0.3) is 11.3 Å². The van der Waals surface area contributed by atoms with Crippen molar-refractivity contribution in [1.29, 1.82) is 0 Å². The van der Waals surface area contributed by atoms with Crippen LogP contribution >= 0.6 is 24.8 Å². The Hall–Kier alpha value is -1.23. The van der Waals surface area contributed by atoms with E-state index in [-0.39, 0.29) is 30.9 Å². The molecule has 3 N–H and O–H groups in total. The van der Waals surface area contributed by atoms with Gasteiger partial charge in [0.25, 0.3) is 0 Å². The molecule has 0 radical (unpaired) electrons. The summed E-state index contributed by atoms with van der Waals surface area (Å²) in [6.07, 6.45) is 1.79. The molecule has 0 aliphatic carbocycles. The van der Waals surface area contributed by atoms with E-state index in [1.807, 2.05) is 31.2 Å². The summed E-state index contributed by atoms with van der Waals surface area (Å²) < 4.78 is 5.10. The molecule has 1 aromatic carbocycles. The van der Waals surface area contributed by atoms with Crippen LogP contribution in [0.3, 0.4) is 0 Å². The molecule has 0 bridgehead atoms. The molecule has 0 fully saturated rings. The van der Waals surface area contributed by atoms with Gasteiger partial charge < -0.3 is 15.5 Å². The van der Waals surface area contributed by atoms with Crippen LogP contribution < -0.4 is 10.5 Å². The normalized spacial score (nSPS) is 11.1. The predicted molar refractivity (Wildman–Crippen MR) is 77.7 cm³/mol. The van der Waals surface area contributed by atoms with E-state index in [0.29, 0.717) is 0 Å². The number of aromatic nitrogens is 2. The van der Waals surface area contributed by atoms with E-state index >= 15 is 0 Å². The Morgan fingerprint density at radius 1 is 1.22 bits per heavy atom. The van der Waals surface area contributed by atoms with Crippen LogP contribution in [0.2, 0.25) is 0 Å². The number of hydrogen-bond donors (Lipinski definition) is 2. The first kappa shape index (κ1) is 16.8. The Morgan fingerprint density at radius 2 is 1.83 bits per heavy atom. The molecule has 0 spiro atoms. The number of H-pyrrole nitrogens is 1. The number of methoxy groups -OCH3 is 1. The van der Waals surface area contributed by atoms with Crippen LogP contribution in [0, 0.1) is 0 Å². The fraction of sp³-hybridized carbons (Fsp3) is 0.250. The maximum atomic E-state index is 5.74. The maximum absolute atomic E-state index is 5.74. The molecule has 1 aromatic heterocycles. The molecule has 0 aliphatic heterocycles. The molecule has 1 heterocycles. The Kier molecular flexibility index (Phi) is 6.76. The van der Waals surface area contributed by atoms with Gasteiger partial charge in [-0.3, -0.25) is 0 Å². The lowest BCUT2D eigenvalue weighted by atomic mass is 10.2. The van der Waals surface area contributed by atoms with Crippen LogP contribution in [0.5, 0.6) is 5.75 Å². The van der Waals surface area contributed by atoms with Crippen molar-refractivity contribution in [3.8, 4) is 17.0 Å². The molecule has 2 rings (SSSR count). The quantitative estimate of drug-likeness (QED) is 0.913. The van der Waals surface area contributed by atoms with Gasteiger partial charge >= 0.3 is 0 Å². The van der Waals surface area contributed by atoms with Crippen molar-refractivity contribution in [2.75, 3.05) is 7.11 Å². The highest BCUT2D eigenvalue weighted by Gasteiger charge is 2.06. The largest absolute Gasteiger partial charge is 0.497 e. The number of ether oxygens (including phenoxy) is 1. The number of nitrogens with zero attached hydrogens (tertiary/aromatic N) is 1. The minimum atomic E-state index is -0.0769. The lowest BCUT2D eigenvalue weighted by molar-refractivity contribution is 0.415. The van der Waals surface area contributed by atoms with Gasteiger partial charge in [0.05, 0.1) is 25.0 Å². The molecular formula is C12H17Cl2N3O. The molecule has 0 saturated carbocycles. The highest BCUT2D eigenvalue weighted by Crippen LogP contribution is 2.21. The zero-order valence-corrected chi connectivity index (χ0v) is 11.8. The number of rotatable bonds is 3. The summed E-state index contributed by atoms with van der Waals surface area (Å²) in [5, 5.41) is 0. The van der Waals surface area contributed by atoms with Gasteiger partial charge in [0.2, 0.25) is 0 Å². The minimum absolute atomic E-state index is 0. The van der Waals surface area contributed by atoms with E-state index in [2.05, 4.69) is 9.97 Å². The third-order valence-corrected chi connectivity index (χ3v) is 2.43. The lowest BCUT2D eigenvalue weighted by Gasteiger charge is -2.02. The summed E-state index contributed by atoms with van der Waals surface area (Å²) in [6, 6.07) is 7.73. The van der Waals surface area contributed by atoms with Gasteiger partial charge in [0.15, 0.2) is 0 Å². The molecular weight excluding hydrogens is 273 g/mol. The number of imidazole rings is 1. The SMILES string of the molecule is COc1ccc(-c2cnc(C(C)N)[nH]2)cc1.Cl.Cl. The Balaban J connectivity index is 0.00000144. The molecule has 2 aromatic rings. The second-order valence-corrected chi connectivity index (χ2v) is 3.70. The summed E-state index contributed by atoms with van der Waals surface area (Å²) in [5.41, 5.74) is 7.77. The maximum Gasteiger partial charge on any atom is 0.123 e. The predicted octanol–water partition coefficient (Wildman–Crippen LogP) is 2.95. The number of nitrogens with two attached hydrogens (primary N) is 1. The van der Waals surface area contributed by atoms with Gasteiger partial charge in [-0.2, -0.15) is 0 Å². The van der Waals surface area contributed by atoms with E-state index in [9.17, 15) is 0 Å². The van der Waals surface area contributed by atoms with Crippen molar-refractivity contribution in [3.05, 3.63) is 36.3 Å². The second-order valence-electron chi connectivity index (χ2n) is 3.70. The second kappa shape index (κ2) is 7.26. The zero-order valence-electron chi connectivity index (χ0n) is 10.2. The molecule has 1 unspecified atom stereocenters. The first-order valence-electron chi connectivity index (χ1n) is 5.15. The Labute approximate surface area is 119 Å². The number of nitrogens with one attached hydrogen (secondary N) is 1. The molecule has 1 atom stereocenters. The number of aromatic amines is 1. The summed E-state index contributed by atoms with van der Waals surface area (Å²) in [6.45, 7) is 1.90. The van der Waals surface area contributed by atoms with Crippen LogP contribution in [0.4, 0.5) is 0 Å². The lowest BCUT2D eigenvalue weighted by Crippen LogP contribution is -2.06. The van der Waals surface area contributed by atoms with Gasteiger partial charge in [-0.15, -0.1) is 24.8 Å². The molecule has 6 heteroatoms. The van der Waals surface area contributed by atoms with Gasteiger partial charge in [-0.1, -0.05) is 0 Å². The van der Waals surface area contributed by atoms with Crippen molar-refractivity contribution in [1.82, 2.24) is 9.97 Å². The zero-order chi connectivity index (χ0) is 11.5. The van der Waals surface area contributed by atoms with Gasteiger partial charge in [-0.05, 0) is 36.8 Å². The van der Waals surface area contributed by atoms with Crippen LogP contribution in [0.1, 0.15) is 18.8 Å². The van der Waals surface area contributed by atoms with Gasteiger partial charge in [0.1, 0.15) is 11.6 Å². The van der Waals surface area contributed by atoms with E-state index in [4.69, 9.17) is 10.5 Å². The topological polar surface area (TPSA) is 63.9 Å². The van der Waals surface area contributed by atoms with Crippen molar-refractivity contribution >= 4 is 24.8 Å². The van der Waals surface area contributed by atoms with E-state index in [1.54, 1.807) is 13.3 Å². The summed E-state index contributed by atoms with van der Waals surface area (Å²) in [5.74, 6) is 1.64. The van der Waals surface area contributed by atoms with Crippen LogP contribution in [-0.2, 0) is 0 Å². The van der Waals surface area contributed by atoms with Crippen molar-refractivity contribution in [2.45, 2.75) is 13.0 Å². The molecule has 18 heavy (non-hydrogen) atoms. The van der Waals surface area contributed by atoms with E-state index in [1.165, 1.54) is 0 Å². The first-order chi connectivity index (χ1) is 7.70. The van der Waals surface area contributed by atoms with E-state index in [0.717, 1.165) is 22.8 Å². The van der Waals surface area contributed by atoms with Crippen LogP contribution in [0.15, 0.2) is 30.5 Å². The third-order valence-electron chi connectivity index (χ3n) is 2.43. The average Bonchev–Trinajstić information content (AvgIpc) is 2.78. The van der Waals surface area contributed by atoms with E-state index < -0.39 is 0 Å². The summed E-state index contributed by atoms with van der Waals surface area (Å²) in [7, 11) is 1.65. The molecule has 100 valence electrons. The van der Waals surface area contributed by atoms with Gasteiger partial charge in [0, 0.05) is 0 Å². The smallest absolute Gasteiger partial charge is 0.123 e. The van der Waals surface area contributed by atoms with Crippen molar-refractivity contribution in [2.24, 2.45) is 5.73 Å². The minimum Gasteiger partial charge on any atom is -0.497 e.